The molecule has 2 aromatic carbocycles. The fraction of sp³-hybridized carbons (Fsp3) is 0.300. The number of carboxylic acid groups (broad SMARTS) is 1. The van der Waals surface area contributed by atoms with Gasteiger partial charge in [0, 0.05) is 23.0 Å². The van der Waals surface area contributed by atoms with E-state index in [1.165, 1.54) is 0 Å². The summed E-state index contributed by atoms with van der Waals surface area (Å²) in [5.41, 5.74) is 1.79. The first-order chi connectivity index (χ1) is 12.9. The van der Waals surface area contributed by atoms with Crippen molar-refractivity contribution in [2.75, 3.05) is 6.61 Å². The van der Waals surface area contributed by atoms with Crippen molar-refractivity contribution in [1.82, 2.24) is 4.90 Å². The molecule has 5 nitrogen and oxygen atoms in total. The van der Waals surface area contributed by atoms with Gasteiger partial charge in [0.05, 0.1) is 12.1 Å². The van der Waals surface area contributed by atoms with Gasteiger partial charge in [0.15, 0.2) is 0 Å². The fourth-order valence-corrected chi connectivity index (χ4v) is 3.56. The van der Waals surface area contributed by atoms with Crippen LogP contribution in [0.1, 0.15) is 30.0 Å². The number of likely N-dealkylation sites (tertiary alicyclic amines) is 1. The first kappa shape index (κ1) is 19.7. The van der Waals surface area contributed by atoms with Crippen molar-refractivity contribution in [2.24, 2.45) is 0 Å². The highest BCUT2D eigenvalue weighted by atomic mass is 35.5. The Labute approximate surface area is 167 Å². The zero-order chi connectivity index (χ0) is 19.4. The Morgan fingerprint density at radius 3 is 2.26 bits per heavy atom. The predicted molar refractivity (Wildman–Crippen MR) is 103 cm³/mol. The highest BCUT2D eigenvalue weighted by Crippen LogP contribution is 2.35. The lowest BCUT2D eigenvalue weighted by Gasteiger charge is -2.41. The van der Waals surface area contributed by atoms with Crippen LogP contribution in [-0.4, -0.2) is 34.6 Å². The molecule has 0 aliphatic carbocycles. The van der Waals surface area contributed by atoms with Crippen LogP contribution in [0.2, 0.25) is 10.0 Å². The molecule has 142 valence electrons. The molecular weight excluding hydrogens is 389 g/mol. The summed E-state index contributed by atoms with van der Waals surface area (Å²) in [6.45, 7) is -0.0199. The van der Waals surface area contributed by atoms with Crippen molar-refractivity contribution >= 4 is 35.1 Å². The van der Waals surface area contributed by atoms with Crippen LogP contribution >= 0.6 is 23.2 Å². The molecule has 1 aliphatic heterocycles. The molecule has 1 N–H and O–H groups in total. The number of benzene rings is 2. The van der Waals surface area contributed by atoms with Crippen LogP contribution in [0.5, 0.6) is 0 Å². The maximum Gasteiger partial charge on any atom is 0.329 e. The molecule has 1 fully saturated rings. The predicted octanol–water partition coefficient (Wildman–Crippen LogP) is 4.33. The number of rotatable bonds is 6. The van der Waals surface area contributed by atoms with Gasteiger partial charge in [-0.15, -0.1) is 0 Å². The Bertz CT molecular complexity index is 808. The summed E-state index contributed by atoms with van der Waals surface area (Å²) in [7, 11) is 0. The second kappa shape index (κ2) is 8.74. The van der Waals surface area contributed by atoms with Crippen LogP contribution in [0.25, 0.3) is 0 Å². The van der Waals surface area contributed by atoms with E-state index in [2.05, 4.69) is 0 Å². The highest BCUT2D eigenvalue weighted by molar-refractivity contribution is 6.30. The zero-order valence-corrected chi connectivity index (χ0v) is 16.0. The maximum absolute atomic E-state index is 12.7. The quantitative estimate of drug-likeness (QED) is 0.773. The summed E-state index contributed by atoms with van der Waals surface area (Å²) < 4.78 is 5.63. The van der Waals surface area contributed by atoms with Crippen molar-refractivity contribution in [3.63, 3.8) is 0 Å². The van der Waals surface area contributed by atoms with Gasteiger partial charge in [0.1, 0.15) is 6.61 Å². The molecule has 2 atom stereocenters. The van der Waals surface area contributed by atoms with E-state index in [-0.39, 0.29) is 5.91 Å². The molecule has 0 spiro atoms. The van der Waals surface area contributed by atoms with Crippen molar-refractivity contribution < 1.29 is 19.4 Å². The van der Waals surface area contributed by atoms with Crippen molar-refractivity contribution in [3.05, 3.63) is 69.7 Å². The first-order valence-corrected chi connectivity index (χ1v) is 9.32. The Morgan fingerprint density at radius 2 is 1.67 bits per heavy atom. The summed E-state index contributed by atoms with van der Waals surface area (Å²) in [4.78, 5) is 25.4. The molecule has 3 rings (SSSR count). The molecule has 0 aromatic heterocycles. The number of amides is 1. The first-order valence-electron chi connectivity index (χ1n) is 8.57. The average Bonchev–Trinajstić information content (AvgIpc) is 2.64. The lowest BCUT2D eigenvalue weighted by Crippen LogP contribution is -2.46. The summed E-state index contributed by atoms with van der Waals surface area (Å²) in [5.74, 6) is -1.04. The van der Waals surface area contributed by atoms with E-state index >= 15 is 0 Å². The monoisotopic (exact) mass is 407 g/mol. The van der Waals surface area contributed by atoms with E-state index in [9.17, 15) is 9.59 Å². The minimum absolute atomic E-state index is 0.0000694. The molecule has 2 aromatic rings. The smallest absolute Gasteiger partial charge is 0.329 e. The van der Waals surface area contributed by atoms with Gasteiger partial charge in [-0.1, -0.05) is 47.5 Å². The van der Waals surface area contributed by atoms with Crippen molar-refractivity contribution in [2.45, 2.75) is 31.5 Å². The maximum atomic E-state index is 12.7. The standard InChI is InChI=1S/C20H19Cl2NO4/c21-15-5-1-13(2-6-15)11-23-18(24)10-9-17(27-12-19(25)26)20(23)14-3-7-16(22)8-4-14/h1-8,17,20H,9-12H2,(H,25,26)/t17-,20+/m0/s1. The number of hydrogen-bond donors (Lipinski definition) is 1. The number of carbonyl (C=O) groups excluding carboxylic acids is 1. The van der Waals surface area contributed by atoms with Gasteiger partial charge in [-0.05, 0) is 41.8 Å². The molecule has 1 saturated heterocycles. The SMILES string of the molecule is O=C(O)CO[C@H]1CCC(=O)N(Cc2ccc(Cl)cc2)[C@@H]1c1ccc(Cl)cc1. The molecule has 7 heteroatoms. The van der Waals surface area contributed by atoms with Gasteiger partial charge in [0.2, 0.25) is 5.91 Å². The average molecular weight is 408 g/mol. The number of nitrogens with zero attached hydrogens (tertiary/aromatic N) is 1. The third kappa shape index (κ3) is 5.01. The van der Waals surface area contributed by atoms with E-state index in [0.29, 0.717) is 29.4 Å². The lowest BCUT2D eigenvalue weighted by atomic mass is 9.91. The molecule has 1 heterocycles. The van der Waals surface area contributed by atoms with E-state index in [1.807, 2.05) is 24.3 Å². The van der Waals surface area contributed by atoms with Crippen molar-refractivity contribution in [3.8, 4) is 0 Å². The number of hydrogen-bond acceptors (Lipinski definition) is 3. The molecular formula is C20H19Cl2NO4. The van der Waals surface area contributed by atoms with Gasteiger partial charge >= 0.3 is 5.97 Å². The normalized spacial score (nSPS) is 19.9. The number of halogens is 2. The summed E-state index contributed by atoms with van der Waals surface area (Å²) in [5, 5.41) is 10.2. The van der Waals surface area contributed by atoms with Crippen LogP contribution in [0, 0.1) is 0 Å². The van der Waals surface area contributed by atoms with E-state index in [0.717, 1.165) is 11.1 Å². The molecule has 1 amide bonds. The number of piperidine rings is 1. The topological polar surface area (TPSA) is 66.8 Å². The lowest BCUT2D eigenvalue weighted by molar-refractivity contribution is -0.154. The molecule has 0 radical (unpaired) electrons. The van der Waals surface area contributed by atoms with E-state index < -0.39 is 24.7 Å². The highest BCUT2D eigenvalue weighted by Gasteiger charge is 2.37. The molecule has 0 bridgehead atoms. The van der Waals surface area contributed by atoms with Crippen LogP contribution in [0.3, 0.4) is 0 Å². The zero-order valence-electron chi connectivity index (χ0n) is 14.5. The van der Waals surface area contributed by atoms with Gasteiger partial charge in [-0.25, -0.2) is 4.79 Å². The molecule has 1 aliphatic rings. The van der Waals surface area contributed by atoms with Gasteiger partial charge in [-0.2, -0.15) is 0 Å². The minimum Gasteiger partial charge on any atom is -0.480 e. The minimum atomic E-state index is -1.04. The number of aliphatic carboxylic acids is 1. The Balaban J connectivity index is 1.92. The molecule has 0 unspecified atom stereocenters. The third-order valence-corrected chi connectivity index (χ3v) is 5.05. The second-order valence-electron chi connectivity index (χ2n) is 6.43. The van der Waals surface area contributed by atoms with Crippen molar-refractivity contribution in [1.29, 1.82) is 0 Å². The summed E-state index contributed by atoms with van der Waals surface area (Å²) in [6.07, 6.45) is 0.366. The number of ether oxygens (including phenoxy) is 1. The second-order valence-corrected chi connectivity index (χ2v) is 7.30. The Morgan fingerprint density at radius 1 is 1.07 bits per heavy atom. The molecule has 27 heavy (non-hydrogen) atoms. The fourth-order valence-electron chi connectivity index (χ4n) is 3.30. The van der Waals surface area contributed by atoms with Gasteiger partial charge < -0.3 is 14.7 Å². The Kier molecular flexibility index (Phi) is 6.37. The Hall–Kier alpha value is -2.08. The largest absolute Gasteiger partial charge is 0.480 e. The van der Waals surface area contributed by atoms with E-state index in [4.69, 9.17) is 33.0 Å². The van der Waals surface area contributed by atoms with Crippen LogP contribution in [0.15, 0.2) is 48.5 Å². The van der Waals surface area contributed by atoms with Gasteiger partial charge in [-0.3, -0.25) is 4.79 Å². The summed E-state index contributed by atoms with van der Waals surface area (Å²) in [6, 6.07) is 14.1. The summed E-state index contributed by atoms with van der Waals surface area (Å²) >= 11 is 11.9. The van der Waals surface area contributed by atoms with Crippen LogP contribution in [0.4, 0.5) is 0 Å². The third-order valence-electron chi connectivity index (χ3n) is 4.55. The van der Waals surface area contributed by atoms with Crippen LogP contribution in [-0.2, 0) is 20.9 Å². The van der Waals surface area contributed by atoms with Gasteiger partial charge in [0.25, 0.3) is 0 Å². The number of carbonyl (C=O) groups is 2. The number of carboxylic acids is 1. The van der Waals surface area contributed by atoms with E-state index in [1.54, 1.807) is 29.2 Å². The molecule has 0 saturated carbocycles. The van der Waals surface area contributed by atoms with Crippen LogP contribution < -0.4 is 0 Å².